The van der Waals surface area contributed by atoms with Crippen molar-refractivity contribution in [2.24, 2.45) is 5.92 Å². The van der Waals surface area contributed by atoms with Crippen LogP contribution in [0.2, 0.25) is 0 Å². The number of rotatable bonds is 6. The van der Waals surface area contributed by atoms with Gasteiger partial charge in [0.15, 0.2) is 5.16 Å². The van der Waals surface area contributed by atoms with Crippen LogP contribution < -0.4 is 5.69 Å². The van der Waals surface area contributed by atoms with E-state index in [1.54, 1.807) is 4.57 Å². The highest BCUT2D eigenvalue weighted by molar-refractivity contribution is 7.99. The zero-order valence-electron chi connectivity index (χ0n) is 9.55. The van der Waals surface area contributed by atoms with Gasteiger partial charge in [-0.25, -0.2) is 9.89 Å². The van der Waals surface area contributed by atoms with E-state index in [0.29, 0.717) is 11.1 Å². The minimum Gasteiger partial charge on any atom is -0.481 e. The Morgan fingerprint density at radius 2 is 2.47 bits per heavy atom. The average Bonchev–Trinajstić information content (AvgIpc) is 2.91. The predicted octanol–water partition coefficient (Wildman–Crippen LogP) is 1.11. The van der Waals surface area contributed by atoms with Crippen LogP contribution in [-0.4, -0.2) is 31.6 Å². The summed E-state index contributed by atoms with van der Waals surface area (Å²) in [6.45, 7) is 2.12. The van der Waals surface area contributed by atoms with E-state index >= 15 is 0 Å². The molecule has 0 aliphatic heterocycles. The quantitative estimate of drug-likeness (QED) is 0.745. The van der Waals surface area contributed by atoms with Crippen LogP contribution >= 0.6 is 11.8 Å². The Labute approximate surface area is 102 Å². The largest absolute Gasteiger partial charge is 0.481 e. The van der Waals surface area contributed by atoms with E-state index in [-0.39, 0.29) is 17.5 Å². The van der Waals surface area contributed by atoms with Crippen LogP contribution in [0, 0.1) is 5.92 Å². The number of thioether (sulfide) groups is 1. The van der Waals surface area contributed by atoms with Gasteiger partial charge in [0.05, 0.1) is 5.75 Å². The molecule has 0 saturated heterocycles. The molecule has 94 valence electrons. The molecule has 0 radical (unpaired) electrons. The van der Waals surface area contributed by atoms with Crippen LogP contribution in [0.1, 0.15) is 32.2 Å². The maximum atomic E-state index is 11.6. The number of aromatic amines is 1. The minimum atomic E-state index is -0.905. The van der Waals surface area contributed by atoms with Crippen molar-refractivity contribution < 1.29 is 9.90 Å². The SMILES string of the molecule is CCCC1CC1n1c(SCC(=O)O)n[nH]c1=O. The first kappa shape index (κ1) is 12.2. The fraction of sp³-hybridized carbons (Fsp3) is 0.700. The second kappa shape index (κ2) is 4.95. The number of hydrogen-bond acceptors (Lipinski definition) is 4. The van der Waals surface area contributed by atoms with E-state index in [0.717, 1.165) is 31.0 Å². The number of H-pyrrole nitrogens is 1. The molecule has 1 fully saturated rings. The van der Waals surface area contributed by atoms with E-state index in [1.807, 2.05) is 0 Å². The highest BCUT2D eigenvalue weighted by atomic mass is 32.2. The highest BCUT2D eigenvalue weighted by Gasteiger charge is 2.40. The van der Waals surface area contributed by atoms with Crippen molar-refractivity contribution in [2.45, 2.75) is 37.4 Å². The van der Waals surface area contributed by atoms with Gasteiger partial charge in [0.1, 0.15) is 0 Å². The van der Waals surface area contributed by atoms with Crippen molar-refractivity contribution in [1.82, 2.24) is 14.8 Å². The molecule has 0 amide bonds. The smallest absolute Gasteiger partial charge is 0.344 e. The normalized spacial score (nSPS) is 22.6. The molecule has 2 atom stereocenters. The number of aliphatic carboxylic acids is 1. The predicted molar refractivity (Wildman–Crippen MR) is 63.3 cm³/mol. The first-order chi connectivity index (χ1) is 8.13. The van der Waals surface area contributed by atoms with Crippen molar-refractivity contribution in [3.05, 3.63) is 10.5 Å². The monoisotopic (exact) mass is 257 g/mol. The zero-order chi connectivity index (χ0) is 12.4. The van der Waals surface area contributed by atoms with Crippen molar-refractivity contribution in [1.29, 1.82) is 0 Å². The lowest BCUT2D eigenvalue weighted by molar-refractivity contribution is -0.133. The molecule has 7 heteroatoms. The second-order valence-electron chi connectivity index (χ2n) is 4.22. The van der Waals surface area contributed by atoms with Gasteiger partial charge in [0.2, 0.25) is 0 Å². The summed E-state index contributed by atoms with van der Waals surface area (Å²) in [5.74, 6) is -0.437. The number of hydrogen-bond donors (Lipinski definition) is 2. The molecular formula is C10H15N3O3S. The molecule has 0 aromatic carbocycles. The Kier molecular flexibility index (Phi) is 3.56. The van der Waals surface area contributed by atoms with E-state index in [9.17, 15) is 9.59 Å². The summed E-state index contributed by atoms with van der Waals surface area (Å²) in [5, 5.41) is 15.4. The van der Waals surface area contributed by atoms with Gasteiger partial charge in [0.25, 0.3) is 0 Å². The van der Waals surface area contributed by atoms with E-state index < -0.39 is 5.97 Å². The van der Waals surface area contributed by atoms with Crippen LogP contribution in [0.25, 0.3) is 0 Å². The Hall–Kier alpha value is -1.24. The van der Waals surface area contributed by atoms with Gasteiger partial charge in [-0.05, 0) is 18.8 Å². The lowest BCUT2D eigenvalue weighted by Crippen LogP contribution is -2.17. The Bertz CT molecular complexity index is 468. The molecule has 1 aromatic rings. The summed E-state index contributed by atoms with van der Waals surface area (Å²) in [6, 6.07) is 0.206. The molecule has 1 aliphatic rings. The molecule has 0 spiro atoms. The standard InChI is InChI=1S/C10H15N3O3S/c1-2-3-6-4-7(6)13-9(16)11-12-10(13)17-5-8(14)15/h6-7H,2-5H2,1H3,(H,11,16)(H,14,15). The van der Waals surface area contributed by atoms with Gasteiger partial charge in [-0.3, -0.25) is 9.36 Å². The maximum Gasteiger partial charge on any atom is 0.344 e. The molecule has 2 N–H and O–H groups in total. The lowest BCUT2D eigenvalue weighted by atomic mass is 10.2. The fourth-order valence-corrected chi connectivity index (χ4v) is 2.76. The molecule has 1 aromatic heterocycles. The number of nitrogens with one attached hydrogen (secondary N) is 1. The van der Waals surface area contributed by atoms with Crippen molar-refractivity contribution in [3.8, 4) is 0 Å². The number of carboxylic acids is 1. The van der Waals surface area contributed by atoms with Crippen molar-refractivity contribution >= 4 is 17.7 Å². The maximum absolute atomic E-state index is 11.6. The van der Waals surface area contributed by atoms with E-state index in [2.05, 4.69) is 17.1 Å². The Morgan fingerprint density at radius 3 is 3.12 bits per heavy atom. The van der Waals surface area contributed by atoms with Gasteiger partial charge >= 0.3 is 11.7 Å². The van der Waals surface area contributed by atoms with Gasteiger partial charge in [-0.2, -0.15) is 0 Å². The third kappa shape index (κ3) is 2.71. The van der Waals surface area contributed by atoms with Gasteiger partial charge < -0.3 is 5.11 Å². The topological polar surface area (TPSA) is 88.0 Å². The van der Waals surface area contributed by atoms with Crippen LogP contribution in [0.4, 0.5) is 0 Å². The zero-order valence-corrected chi connectivity index (χ0v) is 10.4. The number of carbonyl (C=O) groups is 1. The summed E-state index contributed by atoms with van der Waals surface area (Å²) >= 11 is 1.09. The van der Waals surface area contributed by atoms with Crippen LogP contribution in [0.15, 0.2) is 9.95 Å². The molecule has 17 heavy (non-hydrogen) atoms. The van der Waals surface area contributed by atoms with Crippen LogP contribution in [0.5, 0.6) is 0 Å². The first-order valence-electron chi connectivity index (χ1n) is 5.65. The molecule has 2 unspecified atom stereocenters. The third-order valence-corrected chi connectivity index (χ3v) is 3.81. The second-order valence-corrected chi connectivity index (χ2v) is 5.16. The minimum absolute atomic E-state index is 0.0740. The molecule has 0 bridgehead atoms. The van der Waals surface area contributed by atoms with Crippen molar-refractivity contribution in [2.75, 3.05) is 5.75 Å². The average molecular weight is 257 g/mol. The van der Waals surface area contributed by atoms with Gasteiger partial charge in [0, 0.05) is 6.04 Å². The summed E-state index contributed by atoms with van der Waals surface area (Å²) in [6.07, 6.45) is 3.20. The van der Waals surface area contributed by atoms with Gasteiger partial charge in [-0.15, -0.1) is 5.10 Å². The van der Waals surface area contributed by atoms with Crippen molar-refractivity contribution in [3.63, 3.8) is 0 Å². The molecule has 1 saturated carbocycles. The fourth-order valence-electron chi connectivity index (χ4n) is 2.04. The molecule has 2 rings (SSSR count). The Balaban J connectivity index is 2.08. The first-order valence-corrected chi connectivity index (χ1v) is 6.63. The lowest BCUT2D eigenvalue weighted by Gasteiger charge is -2.03. The Morgan fingerprint density at radius 1 is 1.71 bits per heavy atom. The van der Waals surface area contributed by atoms with Crippen LogP contribution in [-0.2, 0) is 4.79 Å². The highest BCUT2D eigenvalue weighted by Crippen LogP contribution is 2.46. The third-order valence-electron chi connectivity index (χ3n) is 2.87. The van der Waals surface area contributed by atoms with Crippen LogP contribution in [0.3, 0.4) is 0 Å². The van der Waals surface area contributed by atoms with E-state index in [1.165, 1.54) is 0 Å². The summed E-state index contributed by atoms with van der Waals surface area (Å²) in [4.78, 5) is 22.1. The summed E-state index contributed by atoms with van der Waals surface area (Å²) in [7, 11) is 0. The van der Waals surface area contributed by atoms with Gasteiger partial charge in [-0.1, -0.05) is 25.1 Å². The number of nitrogens with zero attached hydrogens (tertiary/aromatic N) is 2. The molecular weight excluding hydrogens is 242 g/mol. The molecule has 1 aliphatic carbocycles. The number of carboxylic acid groups (broad SMARTS) is 1. The summed E-state index contributed by atoms with van der Waals surface area (Å²) in [5.41, 5.74) is -0.235. The van der Waals surface area contributed by atoms with E-state index in [4.69, 9.17) is 5.11 Å². The summed E-state index contributed by atoms with van der Waals surface area (Å²) < 4.78 is 1.61. The number of aromatic nitrogens is 3. The molecule has 1 heterocycles. The molecule has 6 nitrogen and oxygen atoms in total.